The summed E-state index contributed by atoms with van der Waals surface area (Å²) < 4.78 is 10.4. The highest BCUT2D eigenvalue weighted by Gasteiger charge is 2.15. The van der Waals surface area contributed by atoms with Crippen molar-refractivity contribution in [2.45, 2.75) is 20.3 Å². The van der Waals surface area contributed by atoms with Crippen LogP contribution in [0.2, 0.25) is 0 Å². The Hall–Kier alpha value is -0.890. The Balaban J connectivity index is 2.19. The third-order valence-corrected chi connectivity index (χ3v) is 4.26. The van der Waals surface area contributed by atoms with Gasteiger partial charge in [0.15, 0.2) is 5.96 Å². The van der Waals surface area contributed by atoms with Crippen LogP contribution in [0.1, 0.15) is 20.3 Å². The maximum Gasteiger partial charge on any atom is 0.191 e. The number of piperazine rings is 1. The van der Waals surface area contributed by atoms with Gasteiger partial charge in [-0.05, 0) is 26.3 Å². The van der Waals surface area contributed by atoms with E-state index in [1.807, 2.05) is 0 Å². The predicted molar refractivity (Wildman–Crippen MR) is 104 cm³/mol. The molecule has 0 aromatic rings. The zero-order valence-corrected chi connectivity index (χ0v) is 16.7. The van der Waals surface area contributed by atoms with Gasteiger partial charge in [0.25, 0.3) is 0 Å². The van der Waals surface area contributed by atoms with Crippen LogP contribution in [-0.2, 0) is 9.47 Å². The van der Waals surface area contributed by atoms with Crippen LogP contribution in [0.25, 0.3) is 0 Å². The second kappa shape index (κ2) is 14.3. The van der Waals surface area contributed by atoms with E-state index in [1.165, 1.54) is 26.2 Å². The molecule has 1 rings (SSSR count). The van der Waals surface area contributed by atoms with E-state index in [4.69, 9.17) is 14.5 Å². The fraction of sp³-hybridized carbons (Fsp3) is 0.944. The van der Waals surface area contributed by atoms with E-state index in [0.29, 0.717) is 19.1 Å². The van der Waals surface area contributed by atoms with Crippen molar-refractivity contribution in [1.29, 1.82) is 0 Å². The zero-order valence-electron chi connectivity index (χ0n) is 16.7. The van der Waals surface area contributed by atoms with Crippen LogP contribution in [0.4, 0.5) is 0 Å². The molecule has 1 atom stereocenters. The molecule has 148 valence electrons. The molecule has 0 radical (unpaired) electrons. The van der Waals surface area contributed by atoms with Crippen LogP contribution < -0.4 is 10.6 Å². The molecule has 1 unspecified atom stereocenters. The van der Waals surface area contributed by atoms with E-state index in [9.17, 15) is 0 Å². The third-order valence-electron chi connectivity index (χ3n) is 4.26. The summed E-state index contributed by atoms with van der Waals surface area (Å²) in [4.78, 5) is 9.69. The molecular formula is C18H39N5O2. The number of hydrogen-bond donors (Lipinski definition) is 2. The second-order valence-electron chi connectivity index (χ2n) is 6.81. The van der Waals surface area contributed by atoms with E-state index >= 15 is 0 Å². The molecule has 1 fully saturated rings. The van der Waals surface area contributed by atoms with Crippen molar-refractivity contribution in [2.75, 3.05) is 86.3 Å². The second-order valence-corrected chi connectivity index (χ2v) is 6.81. The Kier molecular flexibility index (Phi) is 12.7. The summed E-state index contributed by atoms with van der Waals surface area (Å²) in [5.74, 6) is 1.47. The van der Waals surface area contributed by atoms with E-state index < -0.39 is 0 Å². The average molecular weight is 358 g/mol. The first-order valence-electron chi connectivity index (χ1n) is 9.65. The Morgan fingerprint density at radius 2 is 1.88 bits per heavy atom. The highest BCUT2D eigenvalue weighted by atomic mass is 16.5. The summed E-state index contributed by atoms with van der Waals surface area (Å²) in [6.07, 6.45) is 0.963. The summed E-state index contributed by atoms with van der Waals surface area (Å²) in [7, 11) is 3.89. The number of ether oxygens (including phenoxy) is 2. The van der Waals surface area contributed by atoms with Gasteiger partial charge < -0.3 is 29.9 Å². The smallest absolute Gasteiger partial charge is 0.191 e. The Labute approximate surface area is 154 Å². The lowest BCUT2D eigenvalue weighted by Crippen LogP contribution is -2.46. The molecule has 0 aromatic carbocycles. The van der Waals surface area contributed by atoms with Gasteiger partial charge in [0.05, 0.1) is 13.2 Å². The lowest BCUT2D eigenvalue weighted by atomic mass is 10.1. The van der Waals surface area contributed by atoms with Crippen molar-refractivity contribution in [3.63, 3.8) is 0 Å². The van der Waals surface area contributed by atoms with Crippen molar-refractivity contribution >= 4 is 5.96 Å². The van der Waals surface area contributed by atoms with Gasteiger partial charge in [-0.25, -0.2) is 0 Å². The average Bonchev–Trinajstić information content (AvgIpc) is 2.60. The third kappa shape index (κ3) is 11.4. The summed E-state index contributed by atoms with van der Waals surface area (Å²) in [5, 5.41) is 6.70. The molecule has 7 nitrogen and oxygen atoms in total. The van der Waals surface area contributed by atoms with Crippen molar-refractivity contribution in [1.82, 2.24) is 20.4 Å². The number of guanidine groups is 1. The SMILES string of the molecule is CCNC(=NCC(C)CN1CCN(C)CC1)NCCCOCCOC. The van der Waals surface area contributed by atoms with Crippen LogP contribution >= 0.6 is 0 Å². The van der Waals surface area contributed by atoms with Gasteiger partial charge in [-0.3, -0.25) is 4.99 Å². The minimum Gasteiger partial charge on any atom is -0.382 e. The molecule has 2 N–H and O–H groups in total. The first-order valence-corrected chi connectivity index (χ1v) is 9.65. The maximum atomic E-state index is 5.47. The summed E-state index contributed by atoms with van der Waals surface area (Å²) >= 11 is 0. The lowest BCUT2D eigenvalue weighted by Gasteiger charge is -2.33. The first kappa shape index (κ1) is 22.2. The zero-order chi connectivity index (χ0) is 18.3. The Morgan fingerprint density at radius 1 is 1.12 bits per heavy atom. The van der Waals surface area contributed by atoms with Crippen molar-refractivity contribution in [3.8, 4) is 0 Å². The molecule has 0 aliphatic carbocycles. The molecule has 0 spiro atoms. The molecule has 0 aromatic heterocycles. The van der Waals surface area contributed by atoms with Crippen molar-refractivity contribution in [3.05, 3.63) is 0 Å². The molecule has 25 heavy (non-hydrogen) atoms. The quantitative estimate of drug-likeness (QED) is 0.301. The van der Waals surface area contributed by atoms with E-state index in [2.05, 4.69) is 41.3 Å². The summed E-state index contributed by atoms with van der Waals surface area (Å²) in [6.45, 7) is 14.9. The number of nitrogens with one attached hydrogen (secondary N) is 2. The van der Waals surface area contributed by atoms with Crippen molar-refractivity contribution in [2.24, 2.45) is 10.9 Å². The maximum absolute atomic E-state index is 5.47. The van der Waals surface area contributed by atoms with Crippen LogP contribution in [0.3, 0.4) is 0 Å². The molecule has 0 bridgehead atoms. The lowest BCUT2D eigenvalue weighted by molar-refractivity contribution is 0.0698. The highest BCUT2D eigenvalue weighted by Crippen LogP contribution is 2.05. The van der Waals surface area contributed by atoms with Gasteiger partial charge in [-0.1, -0.05) is 6.92 Å². The highest BCUT2D eigenvalue weighted by molar-refractivity contribution is 5.79. The number of methoxy groups -OCH3 is 1. The molecule has 1 saturated heterocycles. The fourth-order valence-corrected chi connectivity index (χ4v) is 2.74. The minimum absolute atomic E-state index is 0.566. The number of likely N-dealkylation sites (N-methyl/N-ethyl adjacent to an activating group) is 1. The number of nitrogens with zero attached hydrogens (tertiary/aromatic N) is 3. The first-order chi connectivity index (χ1) is 12.2. The van der Waals surface area contributed by atoms with E-state index in [-0.39, 0.29) is 0 Å². The van der Waals surface area contributed by atoms with Gasteiger partial charge in [0, 0.05) is 66.1 Å². The standard InChI is InChI=1S/C18H39N5O2/c1-5-19-18(20-7-6-12-25-14-13-24-4)21-15-17(2)16-23-10-8-22(3)9-11-23/h17H,5-16H2,1-4H3,(H2,19,20,21). The van der Waals surface area contributed by atoms with Gasteiger partial charge in [0.1, 0.15) is 0 Å². The van der Waals surface area contributed by atoms with Gasteiger partial charge >= 0.3 is 0 Å². The topological polar surface area (TPSA) is 61.4 Å². The van der Waals surface area contributed by atoms with Gasteiger partial charge in [0.2, 0.25) is 0 Å². The van der Waals surface area contributed by atoms with Gasteiger partial charge in [-0.15, -0.1) is 0 Å². The Morgan fingerprint density at radius 3 is 2.56 bits per heavy atom. The number of aliphatic imine (C=N–C) groups is 1. The number of hydrogen-bond acceptors (Lipinski definition) is 5. The van der Waals surface area contributed by atoms with E-state index in [1.54, 1.807) is 7.11 Å². The number of rotatable bonds is 12. The normalized spacial score (nSPS) is 18.3. The van der Waals surface area contributed by atoms with Crippen LogP contribution in [0.5, 0.6) is 0 Å². The minimum atomic E-state index is 0.566. The van der Waals surface area contributed by atoms with E-state index in [0.717, 1.165) is 45.2 Å². The molecule has 0 amide bonds. The fourth-order valence-electron chi connectivity index (χ4n) is 2.74. The summed E-state index contributed by atoms with van der Waals surface area (Å²) in [6, 6.07) is 0. The summed E-state index contributed by atoms with van der Waals surface area (Å²) in [5.41, 5.74) is 0. The molecular weight excluding hydrogens is 318 g/mol. The monoisotopic (exact) mass is 357 g/mol. The Bertz CT molecular complexity index is 346. The van der Waals surface area contributed by atoms with Gasteiger partial charge in [-0.2, -0.15) is 0 Å². The van der Waals surface area contributed by atoms with Crippen LogP contribution in [0.15, 0.2) is 4.99 Å². The molecule has 0 saturated carbocycles. The van der Waals surface area contributed by atoms with Crippen LogP contribution in [0, 0.1) is 5.92 Å². The predicted octanol–water partition coefficient (Wildman–Crippen LogP) is 0.478. The molecule has 1 aliphatic rings. The molecule has 1 aliphatic heterocycles. The van der Waals surface area contributed by atoms with Crippen molar-refractivity contribution < 1.29 is 9.47 Å². The largest absolute Gasteiger partial charge is 0.382 e. The molecule has 1 heterocycles. The molecule has 7 heteroatoms. The van der Waals surface area contributed by atoms with Crippen LogP contribution in [-0.4, -0.2) is 102 Å².